The summed E-state index contributed by atoms with van der Waals surface area (Å²) < 4.78 is 71.1. The largest absolute Gasteiger partial charge is 0.433 e. The molecule has 6 rings (SSSR count). The van der Waals surface area contributed by atoms with Crippen molar-refractivity contribution < 1.29 is 31.5 Å². The van der Waals surface area contributed by atoms with Gasteiger partial charge in [-0.3, -0.25) is 14.3 Å². The van der Waals surface area contributed by atoms with Crippen LogP contribution in [0.2, 0.25) is 0 Å². The zero-order chi connectivity index (χ0) is 29.4. The van der Waals surface area contributed by atoms with Crippen LogP contribution in [0.15, 0.2) is 24.5 Å². The van der Waals surface area contributed by atoms with Crippen molar-refractivity contribution in [1.82, 2.24) is 29.4 Å². The first-order valence-corrected chi connectivity index (χ1v) is 13.0. The normalized spacial score (nSPS) is 14.0. The molecule has 0 spiro atoms. The van der Waals surface area contributed by atoms with E-state index < -0.39 is 35.8 Å². The molecule has 0 bridgehead atoms. The van der Waals surface area contributed by atoms with Gasteiger partial charge in [-0.25, -0.2) is 23.3 Å². The summed E-state index contributed by atoms with van der Waals surface area (Å²) in [6.07, 6.45) is -3.84. The lowest BCUT2D eigenvalue weighted by Gasteiger charge is -2.12. The Hall–Kier alpha value is -4.47. The molecular weight excluding hydrogens is 571 g/mol. The highest BCUT2D eigenvalue weighted by Gasteiger charge is 2.38. The number of halogens is 5. The monoisotopic (exact) mass is 590 g/mol. The van der Waals surface area contributed by atoms with Gasteiger partial charge in [-0.1, -0.05) is 0 Å². The predicted octanol–water partition coefficient (Wildman–Crippen LogP) is 5.23. The highest BCUT2D eigenvalue weighted by Crippen LogP contribution is 2.44. The highest BCUT2D eigenvalue weighted by atomic mass is 32.1. The number of thiophene rings is 1. The van der Waals surface area contributed by atoms with Crippen molar-refractivity contribution in [3.05, 3.63) is 57.7 Å². The van der Waals surface area contributed by atoms with Crippen LogP contribution in [-0.4, -0.2) is 41.2 Å². The number of nitrogens with zero attached hydrogens (tertiary/aromatic N) is 6. The Morgan fingerprint density at radius 1 is 1.17 bits per heavy atom. The molecule has 1 fully saturated rings. The van der Waals surface area contributed by atoms with E-state index in [4.69, 9.17) is 5.73 Å². The molecule has 3 N–H and O–H groups in total. The number of primary amides is 1. The second kappa shape index (κ2) is 9.29. The van der Waals surface area contributed by atoms with Gasteiger partial charge in [-0.05, 0) is 37.5 Å². The summed E-state index contributed by atoms with van der Waals surface area (Å²) >= 11 is 0.702. The van der Waals surface area contributed by atoms with Crippen molar-refractivity contribution in [3.8, 4) is 11.1 Å². The molecule has 10 nitrogen and oxygen atoms in total. The van der Waals surface area contributed by atoms with E-state index in [-0.39, 0.29) is 49.2 Å². The number of alkyl halides is 5. The van der Waals surface area contributed by atoms with E-state index in [1.54, 1.807) is 20.2 Å². The van der Waals surface area contributed by atoms with E-state index in [0.29, 0.717) is 40.0 Å². The van der Waals surface area contributed by atoms with Crippen LogP contribution in [-0.2, 0) is 13.2 Å². The smallest absolute Gasteiger partial charge is 0.365 e. The van der Waals surface area contributed by atoms with Gasteiger partial charge in [-0.15, -0.1) is 11.3 Å². The number of nitrogens with one attached hydrogen (secondary N) is 1. The van der Waals surface area contributed by atoms with Crippen LogP contribution < -0.4 is 11.1 Å². The third-order valence-electron chi connectivity index (χ3n) is 6.69. The van der Waals surface area contributed by atoms with Gasteiger partial charge in [0, 0.05) is 35.8 Å². The topological polar surface area (TPSA) is 133 Å². The number of carbonyl (C=O) groups excluding carboxylic acids is 2. The Balaban J connectivity index is 1.54. The number of pyridine rings is 1. The third kappa shape index (κ3) is 4.57. The summed E-state index contributed by atoms with van der Waals surface area (Å²) in [7, 11) is 1.64. The molecule has 0 saturated heterocycles. The number of amides is 2. The SMILES string of the molecule is Cc1nn(C)cc1-c1cc(C(F)F)nc2sc(C(N)=O)c(NC(=O)c3cnn4c(C(F)(F)F)cc(C5CC5)nc34)c12. The number of hydrogen-bond acceptors (Lipinski definition) is 7. The molecule has 1 saturated carbocycles. The Labute approximate surface area is 231 Å². The summed E-state index contributed by atoms with van der Waals surface area (Å²) in [4.78, 5) is 34.1. The van der Waals surface area contributed by atoms with Crippen molar-refractivity contribution in [2.24, 2.45) is 12.8 Å². The molecule has 41 heavy (non-hydrogen) atoms. The molecule has 5 aromatic rings. The number of rotatable bonds is 6. The van der Waals surface area contributed by atoms with Crippen LogP contribution in [0.3, 0.4) is 0 Å². The lowest BCUT2D eigenvalue weighted by atomic mass is 10.0. The molecule has 2 amide bonds. The van der Waals surface area contributed by atoms with E-state index >= 15 is 0 Å². The Morgan fingerprint density at radius 2 is 1.90 bits per heavy atom. The second-order valence-electron chi connectivity index (χ2n) is 9.63. The van der Waals surface area contributed by atoms with Gasteiger partial charge in [0.1, 0.15) is 26.7 Å². The van der Waals surface area contributed by atoms with Gasteiger partial charge >= 0.3 is 6.18 Å². The lowest BCUT2D eigenvalue weighted by Crippen LogP contribution is -2.18. The van der Waals surface area contributed by atoms with Gasteiger partial charge in [0.15, 0.2) is 5.65 Å². The number of carbonyl (C=O) groups is 2. The molecule has 0 aliphatic heterocycles. The molecule has 0 atom stereocenters. The zero-order valence-corrected chi connectivity index (χ0v) is 22.1. The van der Waals surface area contributed by atoms with Crippen molar-refractivity contribution >= 4 is 44.7 Å². The summed E-state index contributed by atoms with van der Waals surface area (Å²) in [5, 5.41) is 10.7. The molecule has 0 aromatic carbocycles. The van der Waals surface area contributed by atoms with Crippen molar-refractivity contribution in [1.29, 1.82) is 0 Å². The zero-order valence-electron chi connectivity index (χ0n) is 21.3. The molecule has 16 heteroatoms. The Bertz CT molecular complexity index is 1890. The molecule has 0 radical (unpaired) electrons. The maximum Gasteiger partial charge on any atom is 0.433 e. The van der Waals surface area contributed by atoms with Crippen molar-refractivity contribution in [2.45, 2.75) is 38.3 Å². The highest BCUT2D eigenvalue weighted by molar-refractivity contribution is 7.21. The quantitative estimate of drug-likeness (QED) is 0.260. The van der Waals surface area contributed by atoms with Gasteiger partial charge < -0.3 is 11.1 Å². The van der Waals surface area contributed by atoms with Crippen LogP contribution in [0.1, 0.15) is 68.0 Å². The molecule has 0 unspecified atom stereocenters. The van der Waals surface area contributed by atoms with E-state index in [9.17, 15) is 31.5 Å². The average molecular weight is 591 g/mol. The summed E-state index contributed by atoms with van der Waals surface area (Å²) in [6, 6.07) is 2.06. The number of nitrogens with two attached hydrogens (primary N) is 1. The number of hydrogen-bond donors (Lipinski definition) is 2. The van der Waals surface area contributed by atoms with Gasteiger partial charge in [0.25, 0.3) is 18.2 Å². The number of anilines is 1. The van der Waals surface area contributed by atoms with Gasteiger partial charge in [0.05, 0.1) is 17.6 Å². The van der Waals surface area contributed by atoms with E-state index in [1.165, 1.54) is 4.68 Å². The molecule has 1 aliphatic carbocycles. The van der Waals surface area contributed by atoms with E-state index in [1.807, 2.05) is 0 Å². The van der Waals surface area contributed by atoms with Crippen LogP contribution in [0, 0.1) is 6.92 Å². The Morgan fingerprint density at radius 3 is 2.49 bits per heavy atom. The van der Waals surface area contributed by atoms with Crippen LogP contribution in [0.4, 0.5) is 27.6 Å². The first-order chi connectivity index (χ1) is 19.3. The fourth-order valence-electron chi connectivity index (χ4n) is 4.71. The first-order valence-electron chi connectivity index (χ1n) is 12.2. The molecule has 212 valence electrons. The lowest BCUT2D eigenvalue weighted by molar-refractivity contribution is -0.142. The van der Waals surface area contributed by atoms with Crippen LogP contribution >= 0.6 is 11.3 Å². The third-order valence-corrected chi connectivity index (χ3v) is 7.79. The van der Waals surface area contributed by atoms with Gasteiger partial charge in [0.2, 0.25) is 0 Å². The number of aryl methyl sites for hydroxylation is 2. The fourth-order valence-corrected chi connectivity index (χ4v) is 5.73. The number of aromatic nitrogens is 6. The van der Waals surface area contributed by atoms with Crippen LogP contribution in [0.25, 0.3) is 27.0 Å². The standard InChI is InChI=1S/C25H19F5N8O2S/c1-9-13(8-37(2)36-9)11-5-15(20(26)27)34-24-17(11)18(19(41-24)21(31)39)35-23(40)12-7-32-38-16(25(28,29)30)6-14(10-3-4-10)33-22(12)38/h5-8,10,20H,3-4H2,1-2H3,(H2,31,39)(H,35,40). The summed E-state index contributed by atoms with van der Waals surface area (Å²) in [5.74, 6) is -2.05. The first kappa shape index (κ1) is 26.7. The van der Waals surface area contributed by atoms with Crippen LogP contribution in [0.5, 0.6) is 0 Å². The maximum atomic E-state index is 13.8. The fraction of sp³-hybridized carbons (Fsp3) is 0.280. The van der Waals surface area contributed by atoms with Crippen molar-refractivity contribution in [3.63, 3.8) is 0 Å². The molecular formula is C25H19F5N8O2S. The minimum absolute atomic E-state index is 0.00137. The van der Waals surface area contributed by atoms with E-state index in [2.05, 4.69) is 25.5 Å². The average Bonchev–Trinajstić information content (AvgIpc) is 3.42. The second-order valence-corrected chi connectivity index (χ2v) is 10.6. The minimum Gasteiger partial charge on any atom is -0.365 e. The van der Waals surface area contributed by atoms with E-state index in [0.717, 1.165) is 18.3 Å². The van der Waals surface area contributed by atoms with Gasteiger partial charge in [-0.2, -0.15) is 23.4 Å². The molecule has 5 heterocycles. The Kier molecular flexibility index (Phi) is 6.06. The maximum absolute atomic E-state index is 13.8. The molecule has 1 aliphatic rings. The van der Waals surface area contributed by atoms with Crippen molar-refractivity contribution in [2.75, 3.05) is 5.32 Å². The number of fused-ring (bicyclic) bond motifs is 2. The molecule has 5 aromatic heterocycles. The predicted molar refractivity (Wildman–Crippen MR) is 138 cm³/mol. The summed E-state index contributed by atoms with van der Waals surface area (Å²) in [5.41, 5.74) is 4.52. The summed E-state index contributed by atoms with van der Waals surface area (Å²) in [6.45, 7) is 1.66. The minimum atomic E-state index is -4.77.